The third-order valence-corrected chi connectivity index (χ3v) is 3.45. The lowest BCUT2D eigenvalue weighted by Crippen LogP contribution is -2.43. The molecule has 1 rings (SSSR count). The van der Waals surface area contributed by atoms with Crippen LogP contribution in [-0.2, 0) is 6.42 Å². The van der Waals surface area contributed by atoms with Crippen molar-refractivity contribution in [1.29, 1.82) is 0 Å². The van der Waals surface area contributed by atoms with Gasteiger partial charge < -0.3 is 10.2 Å². The number of hydrogen-bond acceptors (Lipinski definition) is 2. The van der Waals surface area contributed by atoms with Gasteiger partial charge in [-0.3, -0.25) is 0 Å². The largest absolute Gasteiger partial charge is 0.310 e. The van der Waals surface area contributed by atoms with Gasteiger partial charge in [-0.1, -0.05) is 26.0 Å². The van der Waals surface area contributed by atoms with Crippen LogP contribution in [0.5, 0.6) is 0 Å². The molecule has 0 heterocycles. The molecule has 0 saturated carbocycles. The van der Waals surface area contributed by atoms with Gasteiger partial charge in [0.2, 0.25) is 0 Å². The monoisotopic (exact) mass is 266 g/mol. The quantitative estimate of drug-likeness (QED) is 0.778. The van der Waals surface area contributed by atoms with Gasteiger partial charge >= 0.3 is 0 Å². The zero-order valence-electron chi connectivity index (χ0n) is 12.6. The van der Waals surface area contributed by atoms with Gasteiger partial charge in [0.25, 0.3) is 0 Å². The van der Waals surface area contributed by atoms with Crippen LogP contribution in [0.4, 0.5) is 4.39 Å². The first-order chi connectivity index (χ1) is 9.05. The topological polar surface area (TPSA) is 15.3 Å². The van der Waals surface area contributed by atoms with E-state index in [-0.39, 0.29) is 5.82 Å². The van der Waals surface area contributed by atoms with Crippen LogP contribution in [0.2, 0.25) is 0 Å². The Balaban J connectivity index is 2.37. The van der Waals surface area contributed by atoms with Crippen LogP contribution >= 0.6 is 0 Å². The lowest BCUT2D eigenvalue weighted by atomic mass is 10.1. The zero-order valence-corrected chi connectivity index (χ0v) is 12.6. The summed E-state index contributed by atoms with van der Waals surface area (Å²) in [6.45, 7) is 12.0. The van der Waals surface area contributed by atoms with Crippen LogP contribution in [0.25, 0.3) is 0 Å². The van der Waals surface area contributed by atoms with Crippen LogP contribution in [0, 0.1) is 5.82 Å². The average molecular weight is 266 g/mol. The molecule has 0 fully saturated rings. The lowest BCUT2D eigenvalue weighted by molar-refractivity contribution is 0.263. The molecule has 1 aromatic carbocycles. The summed E-state index contributed by atoms with van der Waals surface area (Å²) < 4.78 is 12.8. The van der Waals surface area contributed by atoms with Gasteiger partial charge in [0.15, 0.2) is 0 Å². The highest BCUT2D eigenvalue weighted by Crippen LogP contribution is 2.06. The molecule has 1 N–H and O–H groups in total. The minimum absolute atomic E-state index is 0.167. The van der Waals surface area contributed by atoms with Crippen LogP contribution in [-0.4, -0.2) is 36.6 Å². The van der Waals surface area contributed by atoms with Gasteiger partial charge in [0.05, 0.1) is 0 Å². The number of nitrogens with zero attached hydrogens (tertiary/aromatic N) is 1. The van der Waals surface area contributed by atoms with Gasteiger partial charge in [-0.15, -0.1) is 0 Å². The average Bonchev–Trinajstić information content (AvgIpc) is 2.38. The standard InChI is InChI=1S/C16H27FN2/c1-5-19(6-2)12-14(4)18-13(3)11-15-7-9-16(17)10-8-15/h7-10,13-14,18H,5-6,11-12H2,1-4H3. The van der Waals surface area contributed by atoms with Crippen molar-refractivity contribution < 1.29 is 4.39 Å². The van der Waals surface area contributed by atoms with Gasteiger partial charge in [-0.05, 0) is 51.1 Å². The maximum atomic E-state index is 12.8. The first kappa shape index (κ1) is 16.1. The fourth-order valence-electron chi connectivity index (χ4n) is 2.44. The number of nitrogens with one attached hydrogen (secondary N) is 1. The molecular weight excluding hydrogens is 239 g/mol. The molecule has 108 valence electrons. The Kier molecular flexibility index (Phi) is 7.03. The molecule has 2 atom stereocenters. The normalized spacial score (nSPS) is 14.6. The smallest absolute Gasteiger partial charge is 0.123 e. The summed E-state index contributed by atoms with van der Waals surface area (Å²) in [4.78, 5) is 2.42. The summed E-state index contributed by atoms with van der Waals surface area (Å²) in [5.41, 5.74) is 1.18. The van der Waals surface area contributed by atoms with E-state index >= 15 is 0 Å². The van der Waals surface area contributed by atoms with E-state index in [4.69, 9.17) is 0 Å². The number of benzene rings is 1. The highest BCUT2D eigenvalue weighted by atomic mass is 19.1. The summed E-state index contributed by atoms with van der Waals surface area (Å²) in [7, 11) is 0. The molecule has 0 aliphatic rings. The third-order valence-electron chi connectivity index (χ3n) is 3.45. The number of halogens is 1. The van der Waals surface area contributed by atoms with Crippen LogP contribution in [0.1, 0.15) is 33.3 Å². The first-order valence-corrected chi connectivity index (χ1v) is 7.28. The van der Waals surface area contributed by atoms with Crippen LogP contribution in [0.15, 0.2) is 24.3 Å². The van der Waals surface area contributed by atoms with Crippen molar-refractivity contribution >= 4 is 0 Å². The van der Waals surface area contributed by atoms with Crippen molar-refractivity contribution in [3.05, 3.63) is 35.6 Å². The number of hydrogen-bond donors (Lipinski definition) is 1. The number of likely N-dealkylation sites (N-methyl/N-ethyl adjacent to an activating group) is 1. The summed E-state index contributed by atoms with van der Waals surface area (Å²) in [6, 6.07) is 7.65. The second-order valence-electron chi connectivity index (χ2n) is 5.29. The van der Waals surface area contributed by atoms with E-state index < -0.39 is 0 Å². The van der Waals surface area contributed by atoms with Gasteiger partial charge in [0, 0.05) is 18.6 Å². The molecule has 2 unspecified atom stereocenters. The molecule has 0 bridgehead atoms. The maximum absolute atomic E-state index is 12.8. The van der Waals surface area contributed by atoms with E-state index in [0.29, 0.717) is 12.1 Å². The number of rotatable bonds is 8. The van der Waals surface area contributed by atoms with E-state index in [0.717, 1.165) is 26.1 Å². The minimum Gasteiger partial charge on any atom is -0.310 e. The van der Waals surface area contributed by atoms with Gasteiger partial charge in [-0.25, -0.2) is 4.39 Å². The molecule has 0 aromatic heterocycles. The zero-order chi connectivity index (χ0) is 14.3. The highest BCUT2D eigenvalue weighted by Gasteiger charge is 2.10. The molecule has 3 heteroatoms. The second-order valence-corrected chi connectivity index (χ2v) is 5.29. The van der Waals surface area contributed by atoms with Gasteiger partial charge in [-0.2, -0.15) is 0 Å². The summed E-state index contributed by atoms with van der Waals surface area (Å²) in [6.07, 6.45) is 0.933. The van der Waals surface area contributed by atoms with Crippen molar-refractivity contribution in [3.63, 3.8) is 0 Å². The third kappa shape index (κ3) is 6.17. The molecule has 0 amide bonds. The molecule has 19 heavy (non-hydrogen) atoms. The fourth-order valence-corrected chi connectivity index (χ4v) is 2.44. The van der Waals surface area contributed by atoms with E-state index in [2.05, 4.69) is 37.9 Å². The van der Waals surface area contributed by atoms with Crippen molar-refractivity contribution in [1.82, 2.24) is 10.2 Å². The Morgan fingerprint density at radius 2 is 1.63 bits per heavy atom. The molecule has 0 radical (unpaired) electrons. The first-order valence-electron chi connectivity index (χ1n) is 7.28. The highest BCUT2D eigenvalue weighted by molar-refractivity contribution is 5.17. The van der Waals surface area contributed by atoms with Crippen molar-refractivity contribution in [3.8, 4) is 0 Å². The predicted octanol–water partition coefficient (Wildman–Crippen LogP) is 3.08. The van der Waals surface area contributed by atoms with E-state index in [1.54, 1.807) is 0 Å². The fraction of sp³-hybridized carbons (Fsp3) is 0.625. The van der Waals surface area contributed by atoms with Crippen LogP contribution in [0.3, 0.4) is 0 Å². The van der Waals surface area contributed by atoms with E-state index in [9.17, 15) is 4.39 Å². The van der Waals surface area contributed by atoms with Crippen LogP contribution < -0.4 is 5.32 Å². The summed E-state index contributed by atoms with van der Waals surface area (Å²) in [5.74, 6) is -0.167. The minimum atomic E-state index is -0.167. The maximum Gasteiger partial charge on any atom is 0.123 e. The molecule has 0 aliphatic heterocycles. The summed E-state index contributed by atoms with van der Waals surface area (Å²) >= 11 is 0. The Labute approximate surface area is 117 Å². The Morgan fingerprint density at radius 1 is 1.05 bits per heavy atom. The summed E-state index contributed by atoms with van der Waals surface area (Å²) in [5, 5.41) is 3.61. The van der Waals surface area contributed by atoms with Crippen molar-refractivity contribution in [2.75, 3.05) is 19.6 Å². The SMILES string of the molecule is CCN(CC)CC(C)NC(C)Cc1ccc(F)cc1. The molecule has 0 spiro atoms. The second kappa shape index (κ2) is 8.28. The Morgan fingerprint density at radius 3 is 2.16 bits per heavy atom. The predicted molar refractivity (Wildman–Crippen MR) is 80.0 cm³/mol. The molecule has 2 nitrogen and oxygen atoms in total. The van der Waals surface area contributed by atoms with E-state index in [1.165, 1.54) is 17.7 Å². The van der Waals surface area contributed by atoms with Gasteiger partial charge in [0.1, 0.15) is 5.82 Å². The van der Waals surface area contributed by atoms with Crippen molar-refractivity contribution in [2.45, 2.75) is 46.2 Å². The molecule has 1 aromatic rings. The molecule has 0 saturated heterocycles. The van der Waals surface area contributed by atoms with E-state index in [1.807, 2.05) is 12.1 Å². The molecule has 0 aliphatic carbocycles. The Bertz CT molecular complexity index is 346. The Hall–Kier alpha value is -0.930. The lowest BCUT2D eigenvalue weighted by Gasteiger charge is -2.26. The van der Waals surface area contributed by atoms with Crippen molar-refractivity contribution in [2.24, 2.45) is 0 Å². The molecular formula is C16H27FN2.